The summed E-state index contributed by atoms with van der Waals surface area (Å²) in [6, 6.07) is 0. The molecule has 1 N–H and O–H groups in total. The molecule has 0 aromatic heterocycles. The summed E-state index contributed by atoms with van der Waals surface area (Å²) in [6.45, 7) is 9.25. The molecule has 15 heavy (non-hydrogen) atoms. The highest BCUT2D eigenvalue weighted by molar-refractivity contribution is 7.98. The van der Waals surface area contributed by atoms with Gasteiger partial charge in [0.25, 0.3) is 0 Å². The molecule has 0 saturated carbocycles. The van der Waals surface area contributed by atoms with Gasteiger partial charge in [-0.15, -0.1) is 0 Å². The smallest absolute Gasteiger partial charge is 0.0104 e. The molecule has 0 bridgehead atoms. The average Bonchev–Trinajstić information content (AvgIpc) is 2.19. The average molecular weight is 232 g/mol. The summed E-state index contributed by atoms with van der Waals surface area (Å²) >= 11 is 1.92. The summed E-state index contributed by atoms with van der Waals surface area (Å²) in [6.07, 6.45) is 4.82. The maximum atomic E-state index is 3.50. The molecule has 0 aromatic rings. The van der Waals surface area contributed by atoms with Gasteiger partial charge in [-0.3, -0.25) is 0 Å². The van der Waals surface area contributed by atoms with E-state index in [1.807, 2.05) is 11.8 Å². The Balaban J connectivity index is 3.09. The van der Waals surface area contributed by atoms with Crippen molar-refractivity contribution in [2.45, 2.75) is 26.7 Å². The summed E-state index contributed by atoms with van der Waals surface area (Å²) in [4.78, 5) is 2.39. The van der Waals surface area contributed by atoms with Crippen LogP contribution in [-0.2, 0) is 0 Å². The number of hydrogen-bond acceptors (Lipinski definition) is 3. The molecule has 0 amide bonds. The quantitative estimate of drug-likeness (QED) is 0.582. The molecule has 92 valence electrons. The van der Waals surface area contributed by atoms with Gasteiger partial charge in [0, 0.05) is 25.4 Å². The first-order chi connectivity index (χ1) is 7.16. The van der Waals surface area contributed by atoms with Crippen LogP contribution in [-0.4, -0.2) is 50.1 Å². The van der Waals surface area contributed by atoms with E-state index in [1.165, 1.54) is 38.2 Å². The Kier molecular flexibility index (Phi) is 11.0. The van der Waals surface area contributed by atoms with Crippen LogP contribution in [0.3, 0.4) is 0 Å². The number of hydrogen-bond donors (Lipinski definition) is 1. The molecule has 2 nitrogen and oxygen atoms in total. The zero-order chi connectivity index (χ0) is 11.5. The number of nitrogens with one attached hydrogen (secondary N) is 1. The van der Waals surface area contributed by atoms with Crippen molar-refractivity contribution in [2.24, 2.45) is 5.92 Å². The van der Waals surface area contributed by atoms with Gasteiger partial charge >= 0.3 is 0 Å². The fourth-order valence-electron chi connectivity index (χ4n) is 1.39. The molecule has 0 aliphatic heterocycles. The maximum Gasteiger partial charge on any atom is 0.0104 e. The molecule has 0 spiro atoms. The first kappa shape index (κ1) is 15.3. The van der Waals surface area contributed by atoms with E-state index in [9.17, 15) is 0 Å². The highest BCUT2D eigenvalue weighted by Gasteiger charge is 1.97. The predicted molar refractivity (Wildman–Crippen MR) is 72.8 cm³/mol. The second-order valence-electron chi connectivity index (χ2n) is 4.58. The highest BCUT2D eigenvalue weighted by atomic mass is 32.2. The van der Waals surface area contributed by atoms with Crippen LogP contribution in [0.1, 0.15) is 26.7 Å². The highest BCUT2D eigenvalue weighted by Crippen LogP contribution is 2.01. The van der Waals surface area contributed by atoms with Gasteiger partial charge in [-0.05, 0) is 38.6 Å². The monoisotopic (exact) mass is 232 g/mol. The Bertz CT molecular complexity index is 129. The molecule has 0 atom stereocenters. The van der Waals surface area contributed by atoms with Gasteiger partial charge in [0.2, 0.25) is 0 Å². The summed E-state index contributed by atoms with van der Waals surface area (Å²) in [5.74, 6) is 2.08. The van der Waals surface area contributed by atoms with Crippen molar-refractivity contribution in [3.63, 3.8) is 0 Å². The van der Waals surface area contributed by atoms with Crippen LogP contribution in [0.5, 0.6) is 0 Å². The second kappa shape index (κ2) is 10.8. The maximum absolute atomic E-state index is 3.50. The third kappa shape index (κ3) is 12.2. The standard InChI is InChI=1S/C12H28N2S/c1-12(2)6-5-7-13-8-9-14(3)10-11-15-4/h12-13H,5-11H2,1-4H3. The van der Waals surface area contributed by atoms with Gasteiger partial charge in [0.05, 0.1) is 0 Å². The Hall–Kier alpha value is 0.270. The zero-order valence-corrected chi connectivity index (χ0v) is 11.7. The SMILES string of the molecule is CSCCN(C)CCNCCCC(C)C. The van der Waals surface area contributed by atoms with Gasteiger partial charge in [-0.2, -0.15) is 11.8 Å². The fraction of sp³-hybridized carbons (Fsp3) is 1.00. The lowest BCUT2D eigenvalue weighted by molar-refractivity contribution is 0.350. The van der Waals surface area contributed by atoms with Crippen LogP contribution in [0.4, 0.5) is 0 Å². The van der Waals surface area contributed by atoms with Crippen LogP contribution in [0.25, 0.3) is 0 Å². The molecule has 0 unspecified atom stereocenters. The van der Waals surface area contributed by atoms with Crippen LogP contribution in [0.2, 0.25) is 0 Å². The molecule has 0 radical (unpaired) electrons. The number of rotatable bonds is 10. The van der Waals surface area contributed by atoms with Crippen molar-refractivity contribution in [3.05, 3.63) is 0 Å². The minimum absolute atomic E-state index is 0.844. The Morgan fingerprint density at radius 2 is 1.93 bits per heavy atom. The lowest BCUT2D eigenvalue weighted by atomic mass is 10.1. The van der Waals surface area contributed by atoms with Gasteiger partial charge in [-0.1, -0.05) is 13.8 Å². The summed E-state index contributed by atoms with van der Waals surface area (Å²) in [5.41, 5.74) is 0. The molecule has 0 heterocycles. The van der Waals surface area contributed by atoms with Gasteiger partial charge < -0.3 is 10.2 Å². The first-order valence-electron chi connectivity index (χ1n) is 6.05. The number of thioether (sulfide) groups is 1. The summed E-state index contributed by atoms with van der Waals surface area (Å²) in [7, 11) is 2.20. The Morgan fingerprint density at radius 1 is 1.20 bits per heavy atom. The minimum atomic E-state index is 0.844. The minimum Gasteiger partial charge on any atom is -0.315 e. The Morgan fingerprint density at radius 3 is 2.53 bits per heavy atom. The van der Waals surface area contributed by atoms with Crippen molar-refractivity contribution in [1.29, 1.82) is 0 Å². The van der Waals surface area contributed by atoms with Gasteiger partial charge in [0.15, 0.2) is 0 Å². The Labute approximate surface area is 100 Å². The van der Waals surface area contributed by atoms with E-state index < -0.39 is 0 Å². The van der Waals surface area contributed by atoms with Crippen molar-refractivity contribution in [3.8, 4) is 0 Å². The topological polar surface area (TPSA) is 15.3 Å². The third-order valence-corrected chi connectivity index (χ3v) is 3.07. The molecule has 0 aromatic carbocycles. The van der Waals surface area contributed by atoms with Crippen molar-refractivity contribution >= 4 is 11.8 Å². The van der Waals surface area contributed by atoms with Crippen molar-refractivity contribution in [1.82, 2.24) is 10.2 Å². The number of nitrogens with zero attached hydrogens (tertiary/aromatic N) is 1. The lowest BCUT2D eigenvalue weighted by Crippen LogP contribution is -2.31. The van der Waals surface area contributed by atoms with E-state index in [4.69, 9.17) is 0 Å². The van der Waals surface area contributed by atoms with Gasteiger partial charge in [0.1, 0.15) is 0 Å². The largest absolute Gasteiger partial charge is 0.315 e. The normalized spacial score (nSPS) is 11.6. The van der Waals surface area contributed by atoms with Crippen LogP contribution in [0, 0.1) is 5.92 Å². The van der Waals surface area contributed by atoms with E-state index in [-0.39, 0.29) is 0 Å². The molecule has 0 saturated heterocycles. The fourth-order valence-corrected chi connectivity index (χ4v) is 1.88. The molecule has 0 aliphatic rings. The first-order valence-corrected chi connectivity index (χ1v) is 7.44. The van der Waals surface area contributed by atoms with Crippen molar-refractivity contribution in [2.75, 3.05) is 45.2 Å². The third-order valence-electron chi connectivity index (χ3n) is 2.48. The van der Waals surface area contributed by atoms with Crippen LogP contribution in [0.15, 0.2) is 0 Å². The van der Waals surface area contributed by atoms with E-state index in [1.54, 1.807) is 0 Å². The molecule has 0 fully saturated rings. The van der Waals surface area contributed by atoms with E-state index >= 15 is 0 Å². The molecule has 0 aliphatic carbocycles. The summed E-state index contributed by atoms with van der Waals surface area (Å²) in [5, 5.41) is 3.50. The van der Waals surface area contributed by atoms with E-state index in [0.29, 0.717) is 0 Å². The van der Waals surface area contributed by atoms with Crippen LogP contribution >= 0.6 is 11.8 Å². The molecule has 0 rings (SSSR count). The van der Waals surface area contributed by atoms with E-state index in [0.717, 1.165) is 12.5 Å². The molecular weight excluding hydrogens is 204 g/mol. The summed E-state index contributed by atoms with van der Waals surface area (Å²) < 4.78 is 0. The molecular formula is C12H28N2S. The van der Waals surface area contributed by atoms with Crippen molar-refractivity contribution < 1.29 is 0 Å². The second-order valence-corrected chi connectivity index (χ2v) is 5.57. The predicted octanol–water partition coefficient (Wildman–Crippen LogP) is 2.31. The molecule has 3 heteroatoms. The zero-order valence-electron chi connectivity index (χ0n) is 10.9. The van der Waals surface area contributed by atoms with Gasteiger partial charge in [-0.25, -0.2) is 0 Å². The lowest BCUT2D eigenvalue weighted by Gasteiger charge is -2.16. The van der Waals surface area contributed by atoms with Crippen LogP contribution < -0.4 is 5.32 Å². The number of likely N-dealkylation sites (N-methyl/N-ethyl adjacent to an activating group) is 1. The van der Waals surface area contributed by atoms with E-state index in [2.05, 4.69) is 37.4 Å².